The third-order valence-corrected chi connectivity index (χ3v) is 10.4. The molecule has 7 rings (SSSR count). The summed E-state index contributed by atoms with van der Waals surface area (Å²) < 4.78 is 20.9. The average Bonchev–Trinajstić information content (AvgIpc) is 3.78. The molecule has 1 spiro atoms. The minimum Gasteiger partial charge on any atom is -0.434 e. The van der Waals surface area contributed by atoms with E-state index in [-0.39, 0.29) is 17.1 Å². The molecule has 0 radical (unpaired) electrons. The Morgan fingerprint density at radius 3 is 2.72 bits per heavy atom. The molecule has 4 heterocycles. The summed E-state index contributed by atoms with van der Waals surface area (Å²) in [6, 6.07) is 5.58. The zero-order chi connectivity index (χ0) is 31.8. The smallest absolute Gasteiger partial charge is 0.282 e. The van der Waals surface area contributed by atoms with Crippen molar-refractivity contribution in [2.75, 3.05) is 44.7 Å². The summed E-state index contributed by atoms with van der Waals surface area (Å²) in [6.07, 6.45) is 10.8. The molecule has 244 valence electrons. The molecule has 11 nitrogen and oxygen atoms in total. The van der Waals surface area contributed by atoms with E-state index in [0.29, 0.717) is 59.3 Å². The second-order valence-electron chi connectivity index (χ2n) is 14.0. The molecule has 2 N–H and O–H groups in total. The molecule has 2 aliphatic heterocycles. The minimum atomic E-state index is -0.351. The van der Waals surface area contributed by atoms with Gasteiger partial charge >= 0.3 is 0 Å². The van der Waals surface area contributed by atoms with Crippen molar-refractivity contribution in [1.82, 2.24) is 40.7 Å². The van der Waals surface area contributed by atoms with E-state index in [9.17, 15) is 9.18 Å². The molecule has 1 atom stereocenters. The lowest BCUT2D eigenvalue weighted by Gasteiger charge is -2.57. The van der Waals surface area contributed by atoms with E-state index in [1.54, 1.807) is 25.6 Å². The fraction of sp³-hybridized carbons (Fsp3) is 0.588. The van der Waals surface area contributed by atoms with Gasteiger partial charge < -0.3 is 20.3 Å². The highest BCUT2D eigenvalue weighted by Gasteiger charge is 2.52. The average molecular weight is 630 g/mol. The fourth-order valence-corrected chi connectivity index (χ4v) is 7.96. The lowest BCUT2D eigenvalue weighted by Crippen LogP contribution is -2.65. The number of halogens is 1. The molecule has 4 aliphatic rings. The van der Waals surface area contributed by atoms with Crippen LogP contribution in [0.5, 0.6) is 11.6 Å². The van der Waals surface area contributed by atoms with Crippen molar-refractivity contribution in [3.63, 3.8) is 0 Å². The van der Waals surface area contributed by atoms with Gasteiger partial charge in [-0.15, -0.1) is 10.2 Å². The summed E-state index contributed by atoms with van der Waals surface area (Å²) >= 11 is 0. The summed E-state index contributed by atoms with van der Waals surface area (Å²) in [5, 5.41) is 14.6. The van der Waals surface area contributed by atoms with Crippen LogP contribution in [0.4, 0.5) is 10.2 Å². The van der Waals surface area contributed by atoms with Crippen LogP contribution in [-0.4, -0.2) is 87.8 Å². The summed E-state index contributed by atoms with van der Waals surface area (Å²) in [4.78, 5) is 29.9. The van der Waals surface area contributed by atoms with Crippen LogP contribution in [0.2, 0.25) is 0 Å². The van der Waals surface area contributed by atoms with Gasteiger partial charge in [-0.3, -0.25) is 9.69 Å². The lowest BCUT2D eigenvalue weighted by molar-refractivity contribution is -0.120. The van der Waals surface area contributed by atoms with Gasteiger partial charge in [0.15, 0.2) is 5.82 Å². The molecule has 3 aromatic rings. The molecular formula is C34H44FN9O2. The Morgan fingerprint density at radius 2 is 1.96 bits per heavy atom. The molecule has 1 aromatic carbocycles. The Hall–Kier alpha value is -3.77. The number of benzene rings is 1. The third kappa shape index (κ3) is 6.29. The topological polar surface area (TPSA) is 121 Å². The molecule has 0 unspecified atom stereocenters. The number of rotatable bonds is 12. The van der Waals surface area contributed by atoms with Crippen LogP contribution < -0.4 is 20.3 Å². The number of amides is 1. The van der Waals surface area contributed by atoms with Crippen LogP contribution in [0.3, 0.4) is 0 Å². The van der Waals surface area contributed by atoms with Gasteiger partial charge in [-0.1, -0.05) is 13.8 Å². The van der Waals surface area contributed by atoms with E-state index in [1.807, 2.05) is 0 Å². The van der Waals surface area contributed by atoms with Gasteiger partial charge in [0.1, 0.15) is 24.2 Å². The van der Waals surface area contributed by atoms with Gasteiger partial charge in [0.25, 0.3) is 5.88 Å². The second kappa shape index (κ2) is 12.8. The lowest BCUT2D eigenvalue weighted by atomic mass is 9.68. The maximum atomic E-state index is 14.5. The minimum absolute atomic E-state index is 0.0845. The Kier molecular flexibility index (Phi) is 8.58. The molecule has 12 heteroatoms. The van der Waals surface area contributed by atoms with E-state index in [1.165, 1.54) is 31.3 Å². The van der Waals surface area contributed by atoms with Gasteiger partial charge in [0.2, 0.25) is 5.91 Å². The summed E-state index contributed by atoms with van der Waals surface area (Å²) in [7, 11) is 1.69. The standard InChI is InChI=1S/C34H44FN9O2/c1-21(2)31(23-12-25(13-23)38-10-8-29(45)36-3)44-17-34(18-44)9-11-43(16-34)32-33(42-41-20-40-32)46-28-7-6-24(35)14-26(28)27-15-37-19-39-30(27)22-4-5-22/h6-7,14-15,19-23,25,31,38H,4-5,8-13,16-18H2,1-3H3,(H,36,45)/t23?,25?,31-/m1/s1. The Balaban J connectivity index is 1.01. The van der Waals surface area contributed by atoms with Crippen molar-refractivity contribution in [3.8, 4) is 22.8 Å². The van der Waals surface area contributed by atoms with Crippen LogP contribution in [0.25, 0.3) is 11.1 Å². The Bertz CT molecular complexity index is 1560. The number of carbonyl (C=O) groups is 1. The largest absolute Gasteiger partial charge is 0.434 e. The first kappa shape index (κ1) is 30.9. The van der Waals surface area contributed by atoms with Crippen molar-refractivity contribution in [1.29, 1.82) is 0 Å². The van der Waals surface area contributed by atoms with Crippen molar-refractivity contribution < 1.29 is 13.9 Å². The summed E-state index contributed by atoms with van der Waals surface area (Å²) in [6.45, 7) is 9.33. The van der Waals surface area contributed by atoms with E-state index in [4.69, 9.17) is 4.74 Å². The number of ether oxygens (including phenoxy) is 1. The predicted octanol–water partition coefficient (Wildman–Crippen LogP) is 4.18. The first-order valence-electron chi connectivity index (χ1n) is 16.7. The molecule has 46 heavy (non-hydrogen) atoms. The number of hydrogen-bond acceptors (Lipinski definition) is 10. The van der Waals surface area contributed by atoms with Crippen molar-refractivity contribution in [3.05, 3.63) is 48.6 Å². The quantitative estimate of drug-likeness (QED) is 0.302. The molecule has 2 saturated carbocycles. The SMILES string of the molecule is CNC(=O)CCNC1CC([C@@H](C(C)C)N2CC3(CCN(c4ncnnc4Oc4ccc(F)cc4-c4cncnc4C4CC4)C3)C2)C1. The van der Waals surface area contributed by atoms with Gasteiger partial charge in [-0.05, 0) is 62.1 Å². The highest BCUT2D eigenvalue weighted by Crippen LogP contribution is 2.48. The molecular weight excluding hydrogens is 585 g/mol. The van der Waals surface area contributed by atoms with Gasteiger partial charge in [0.05, 0.1) is 5.69 Å². The van der Waals surface area contributed by atoms with Gasteiger partial charge in [-0.25, -0.2) is 19.3 Å². The number of aromatic nitrogens is 5. The normalized spacial score (nSPS) is 22.8. The second-order valence-corrected chi connectivity index (χ2v) is 14.0. The van der Waals surface area contributed by atoms with E-state index < -0.39 is 0 Å². The summed E-state index contributed by atoms with van der Waals surface area (Å²) in [5.74, 6) is 2.82. The maximum absolute atomic E-state index is 14.5. The zero-order valence-electron chi connectivity index (χ0n) is 27.0. The Labute approximate surface area is 269 Å². The number of nitrogens with zero attached hydrogens (tertiary/aromatic N) is 7. The number of carbonyl (C=O) groups excluding carboxylic acids is 1. The van der Waals surface area contributed by atoms with Crippen LogP contribution >= 0.6 is 0 Å². The van der Waals surface area contributed by atoms with Crippen LogP contribution in [0.1, 0.15) is 64.0 Å². The van der Waals surface area contributed by atoms with Gasteiger partial charge in [-0.2, -0.15) is 0 Å². The molecule has 2 aliphatic carbocycles. The first-order valence-corrected chi connectivity index (χ1v) is 16.7. The van der Waals surface area contributed by atoms with Crippen molar-refractivity contribution >= 4 is 11.7 Å². The molecule has 2 saturated heterocycles. The highest BCUT2D eigenvalue weighted by atomic mass is 19.1. The van der Waals surface area contributed by atoms with Crippen molar-refractivity contribution in [2.24, 2.45) is 17.3 Å². The van der Waals surface area contributed by atoms with Crippen LogP contribution in [0, 0.1) is 23.1 Å². The number of hydrogen-bond donors (Lipinski definition) is 2. The number of anilines is 1. The van der Waals surface area contributed by atoms with E-state index >= 15 is 0 Å². The van der Waals surface area contributed by atoms with Crippen LogP contribution in [-0.2, 0) is 4.79 Å². The first-order chi connectivity index (χ1) is 22.3. The van der Waals surface area contributed by atoms with Crippen LogP contribution in [0.15, 0.2) is 37.1 Å². The highest BCUT2D eigenvalue weighted by molar-refractivity contribution is 5.75. The molecule has 1 amide bonds. The van der Waals surface area contributed by atoms with E-state index in [2.05, 4.69) is 59.4 Å². The predicted molar refractivity (Wildman–Crippen MR) is 172 cm³/mol. The monoisotopic (exact) mass is 629 g/mol. The molecule has 2 aromatic heterocycles. The summed E-state index contributed by atoms with van der Waals surface area (Å²) in [5.41, 5.74) is 2.52. The molecule has 4 fully saturated rings. The zero-order valence-corrected chi connectivity index (χ0v) is 27.0. The molecule has 0 bridgehead atoms. The van der Waals surface area contributed by atoms with Gasteiger partial charge in [0, 0.05) is 86.9 Å². The number of likely N-dealkylation sites (tertiary alicyclic amines) is 1. The fourth-order valence-electron chi connectivity index (χ4n) is 7.96. The van der Waals surface area contributed by atoms with E-state index in [0.717, 1.165) is 63.2 Å². The maximum Gasteiger partial charge on any atom is 0.282 e. The number of nitrogens with one attached hydrogen (secondary N) is 2. The third-order valence-electron chi connectivity index (χ3n) is 10.4. The Morgan fingerprint density at radius 1 is 1.13 bits per heavy atom. The van der Waals surface area contributed by atoms with Crippen molar-refractivity contribution in [2.45, 2.75) is 70.4 Å².